The molecular formula is C20H21Cl3N4O3. The van der Waals surface area contributed by atoms with Crippen LogP contribution in [-0.2, 0) is 16.1 Å². The van der Waals surface area contributed by atoms with Crippen LogP contribution in [0.2, 0.25) is 15.2 Å². The number of ether oxygens (including phenoxy) is 1. The zero-order valence-electron chi connectivity index (χ0n) is 16.3. The van der Waals surface area contributed by atoms with Crippen LogP contribution in [-0.4, -0.2) is 58.9 Å². The molecule has 2 N–H and O–H groups in total. The summed E-state index contributed by atoms with van der Waals surface area (Å²) in [5.74, 6) is -1.18. The Balaban J connectivity index is 1.56. The summed E-state index contributed by atoms with van der Waals surface area (Å²) in [7, 11) is 0. The smallest absolute Gasteiger partial charge is 0.359 e. The van der Waals surface area contributed by atoms with Crippen molar-refractivity contribution in [1.82, 2.24) is 14.8 Å². The van der Waals surface area contributed by atoms with E-state index in [-0.39, 0.29) is 32.5 Å². The summed E-state index contributed by atoms with van der Waals surface area (Å²) in [6.07, 6.45) is -1.01. The summed E-state index contributed by atoms with van der Waals surface area (Å²) in [4.78, 5) is 32.9. The maximum atomic E-state index is 12.7. The van der Waals surface area contributed by atoms with Crippen LogP contribution in [0.1, 0.15) is 23.0 Å². The quantitative estimate of drug-likeness (QED) is 0.530. The highest BCUT2D eigenvalue weighted by Gasteiger charge is 2.29. The Kier molecular flexibility index (Phi) is 7.41. The number of nitrogen functional groups attached to an aromatic ring is 1. The topological polar surface area (TPSA) is 88.8 Å². The highest BCUT2D eigenvalue weighted by Crippen LogP contribution is 2.34. The number of pyridine rings is 1. The summed E-state index contributed by atoms with van der Waals surface area (Å²) in [6, 6.07) is 10.2. The highest BCUT2D eigenvalue weighted by molar-refractivity contribution is 6.46. The van der Waals surface area contributed by atoms with E-state index in [9.17, 15) is 9.59 Å². The van der Waals surface area contributed by atoms with Crippen molar-refractivity contribution < 1.29 is 14.3 Å². The Hall–Kier alpha value is -2.06. The predicted octanol–water partition coefficient (Wildman–Crippen LogP) is 3.51. The Bertz CT molecular complexity index is 935. The number of nitrogens with zero attached hydrogens (tertiary/aromatic N) is 3. The van der Waals surface area contributed by atoms with Crippen molar-refractivity contribution in [3.63, 3.8) is 0 Å². The zero-order chi connectivity index (χ0) is 21.8. The number of esters is 1. The van der Waals surface area contributed by atoms with Gasteiger partial charge < -0.3 is 15.4 Å². The van der Waals surface area contributed by atoms with Crippen LogP contribution in [0.15, 0.2) is 30.3 Å². The first-order valence-corrected chi connectivity index (χ1v) is 10.5. The lowest BCUT2D eigenvalue weighted by molar-refractivity contribution is -0.141. The molecule has 1 unspecified atom stereocenters. The predicted molar refractivity (Wildman–Crippen MR) is 117 cm³/mol. The van der Waals surface area contributed by atoms with Gasteiger partial charge in [-0.25, -0.2) is 9.78 Å². The van der Waals surface area contributed by atoms with E-state index >= 15 is 0 Å². The molecule has 1 atom stereocenters. The summed E-state index contributed by atoms with van der Waals surface area (Å²) in [6.45, 7) is 4.90. The highest BCUT2D eigenvalue weighted by atomic mass is 35.5. The molecule has 0 saturated carbocycles. The number of rotatable bonds is 5. The van der Waals surface area contributed by atoms with Gasteiger partial charge in [-0.05, 0) is 12.5 Å². The number of anilines is 1. The number of hydrogen-bond donors (Lipinski definition) is 1. The first-order chi connectivity index (χ1) is 14.3. The molecule has 0 spiro atoms. The zero-order valence-corrected chi connectivity index (χ0v) is 18.5. The molecule has 0 radical (unpaired) electrons. The van der Waals surface area contributed by atoms with Gasteiger partial charge in [-0.2, -0.15) is 0 Å². The largest absolute Gasteiger partial charge is 0.448 e. The van der Waals surface area contributed by atoms with Gasteiger partial charge in [0.25, 0.3) is 5.91 Å². The molecule has 30 heavy (non-hydrogen) atoms. The molecule has 1 amide bonds. The fourth-order valence-electron chi connectivity index (χ4n) is 3.16. The van der Waals surface area contributed by atoms with Crippen molar-refractivity contribution in [2.45, 2.75) is 19.6 Å². The number of amides is 1. The minimum atomic E-state index is -1.01. The minimum absolute atomic E-state index is 0.0456. The summed E-state index contributed by atoms with van der Waals surface area (Å²) in [5, 5.41) is -0.377. The first kappa shape index (κ1) is 22.6. The normalized spacial score (nSPS) is 15.7. The van der Waals surface area contributed by atoms with Gasteiger partial charge in [0.1, 0.15) is 5.02 Å². The number of hydrogen-bond acceptors (Lipinski definition) is 6. The molecule has 1 aliphatic heterocycles. The fraction of sp³-hybridized carbons (Fsp3) is 0.350. The van der Waals surface area contributed by atoms with Crippen molar-refractivity contribution in [2.24, 2.45) is 0 Å². The second kappa shape index (κ2) is 9.83. The van der Waals surface area contributed by atoms with E-state index in [2.05, 4.69) is 22.0 Å². The van der Waals surface area contributed by atoms with Crippen LogP contribution in [0.25, 0.3) is 0 Å². The second-order valence-corrected chi connectivity index (χ2v) is 8.04. The lowest BCUT2D eigenvalue weighted by Gasteiger charge is -2.35. The molecule has 1 saturated heterocycles. The SMILES string of the molecule is CC(OC(=O)c1nc(Cl)c(Cl)c(N)c1Cl)C(=O)N1CCN(Cc2ccccc2)CC1. The van der Waals surface area contributed by atoms with Gasteiger partial charge in [-0.1, -0.05) is 65.1 Å². The number of carbonyl (C=O) groups is 2. The monoisotopic (exact) mass is 470 g/mol. The molecular weight excluding hydrogens is 451 g/mol. The molecule has 0 aliphatic carbocycles. The van der Waals surface area contributed by atoms with Crippen LogP contribution < -0.4 is 5.73 Å². The number of carbonyl (C=O) groups excluding carboxylic acids is 2. The third kappa shape index (κ3) is 5.16. The van der Waals surface area contributed by atoms with Gasteiger partial charge in [0.2, 0.25) is 0 Å². The Labute approximate surface area is 189 Å². The summed E-state index contributed by atoms with van der Waals surface area (Å²) in [5.41, 5.74) is 6.60. The van der Waals surface area contributed by atoms with Gasteiger partial charge >= 0.3 is 5.97 Å². The second-order valence-electron chi connectivity index (χ2n) is 6.93. The molecule has 2 heterocycles. The van der Waals surface area contributed by atoms with E-state index < -0.39 is 12.1 Å². The van der Waals surface area contributed by atoms with Crippen LogP contribution in [0.5, 0.6) is 0 Å². The van der Waals surface area contributed by atoms with Gasteiger partial charge in [0, 0.05) is 32.7 Å². The maximum Gasteiger partial charge on any atom is 0.359 e. The third-order valence-electron chi connectivity index (χ3n) is 4.83. The van der Waals surface area contributed by atoms with E-state index in [0.717, 1.165) is 19.6 Å². The number of benzene rings is 1. The van der Waals surface area contributed by atoms with Crippen molar-refractivity contribution in [1.29, 1.82) is 0 Å². The number of aromatic nitrogens is 1. The van der Waals surface area contributed by atoms with Crippen LogP contribution in [0, 0.1) is 0 Å². The molecule has 7 nitrogen and oxygen atoms in total. The Morgan fingerprint density at radius 2 is 1.73 bits per heavy atom. The van der Waals surface area contributed by atoms with Gasteiger partial charge in [0.05, 0.1) is 10.7 Å². The molecule has 10 heteroatoms. The lowest BCUT2D eigenvalue weighted by Crippen LogP contribution is -2.51. The lowest BCUT2D eigenvalue weighted by atomic mass is 10.2. The van der Waals surface area contributed by atoms with E-state index in [1.54, 1.807) is 4.90 Å². The molecule has 3 rings (SSSR count). The van der Waals surface area contributed by atoms with Crippen LogP contribution >= 0.6 is 34.8 Å². The molecule has 1 fully saturated rings. The van der Waals surface area contributed by atoms with Crippen molar-refractivity contribution in [3.05, 3.63) is 56.8 Å². The van der Waals surface area contributed by atoms with E-state index in [1.165, 1.54) is 12.5 Å². The molecule has 0 bridgehead atoms. The number of nitrogens with two attached hydrogens (primary N) is 1. The van der Waals surface area contributed by atoms with E-state index in [1.807, 2.05) is 18.2 Å². The molecule has 1 aromatic carbocycles. The summed E-state index contributed by atoms with van der Waals surface area (Å²) < 4.78 is 5.26. The average molecular weight is 472 g/mol. The molecule has 2 aromatic rings. The van der Waals surface area contributed by atoms with Crippen LogP contribution in [0.3, 0.4) is 0 Å². The van der Waals surface area contributed by atoms with Crippen LogP contribution in [0.4, 0.5) is 5.69 Å². The molecule has 160 valence electrons. The third-order valence-corrected chi connectivity index (χ3v) is 5.97. The Morgan fingerprint density at radius 3 is 2.37 bits per heavy atom. The standard InChI is InChI=1S/C20H21Cl3N4O3/c1-12(30-20(29)17-14(21)16(24)15(22)18(23)25-17)19(28)27-9-7-26(8-10-27)11-13-5-3-2-4-6-13/h2-6,12H,7-11H2,1H3,(H2,24,25). The Morgan fingerprint density at radius 1 is 1.10 bits per heavy atom. The number of halogens is 3. The van der Waals surface area contributed by atoms with Gasteiger partial charge in [-0.3, -0.25) is 9.69 Å². The molecule has 1 aliphatic rings. The first-order valence-electron chi connectivity index (χ1n) is 9.34. The van der Waals surface area contributed by atoms with Gasteiger partial charge in [0.15, 0.2) is 17.0 Å². The van der Waals surface area contributed by atoms with Gasteiger partial charge in [-0.15, -0.1) is 0 Å². The molecule has 1 aromatic heterocycles. The van der Waals surface area contributed by atoms with Crippen molar-refractivity contribution in [2.75, 3.05) is 31.9 Å². The summed E-state index contributed by atoms with van der Waals surface area (Å²) >= 11 is 17.7. The van der Waals surface area contributed by atoms with Crippen molar-refractivity contribution >= 4 is 52.4 Å². The van der Waals surface area contributed by atoms with Crippen molar-refractivity contribution in [3.8, 4) is 0 Å². The maximum absolute atomic E-state index is 12.7. The number of piperazine rings is 1. The fourth-order valence-corrected chi connectivity index (χ4v) is 3.74. The van der Waals surface area contributed by atoms with E-state index in [4.69, 9.17) is 45.3 Å². The average Bonchev–Trinajstić information content (AvgIpc) is 2.75. The minimum Gasteiger partial charge on any atom is -0.448 e. The van der Waals surface area contributed by atoms with E-state index in [0.29, 0.717) is 13.1 Å².